The van der Waals surface area contributed by atoms with Gasteiger partial charge in [-0.05, 0) is 36.4 Å². The number of amides is 2. The minimum Gasteiger partial charge on any atom is -0.455 e. The Kier molecular flexibility index (Phi) is 5.65. The molecule has 2 aromatic rings. The van der Waals surface area contributed by atoms with Gasteiger partial charge < -0.3 is 15.0 Å². The van der Waals surface area contributed by atoms with Gasteiger partial charge in [0.25, 0.3) is 5.91 Å². The second kappa shape index (κ2) is 8.31. The molecule has 0 aliphatic carbocycles. The maximum atomic E-state index is 13.9. The van der Waals surface area contributed by atoms with Gasteiger partial charge in [0.2, 0.25) is 5.91 Å². The topological polar surface area (TPSA) is 99.5 Å². The Bertz CT molecular complexity index is 953. The van der Waals surface area contributed by atoms with Gasteiger partial charge in [0.1, 0.15) is 5.82 Å². The van der Waals surface area contributed by atoms with Gasteiger partial charge in [-0.15, -0.1) is 0 Å². The number of nitriles is 1. The van der Waals surface area contributed by atoms with Crippen LogP contribution in [0.1, 0.15) is 12.0 Å². The number of benzene rings is 2. The number of carbonyl (C=O) groups excluding carboxylic acids is 3. The van der Waals surface area contributed by atoms with Gasteiger partial charge in [0, 0.05) is 18.7 Å². The molecule has 1 N–H and O–H groups in total. The molecule has 1 atom stereocenters. The third kappa shape index (κ3) is 4.32. The lowest BCUT2D eigenvalue weighted by Gasteiger charge is -2.17. The average molecular weight is 381 g/mol. The molecule has 2 aromatic carbocycles. The first-order valence-corrected chi connectivity index (χ1v) is 8.49. The number of hydrogen-bond donors (Lipinski definition) is 1. The number of hydrogen-bond acceptors (Lipinski definition) is 5. The molecule has 1 saturated heterocycles. The zero-order valence-corrected chi connectivity index (χ0v) is 14.7. The summed E-state index contributed by atoms with van der Waals surface area (Å²) in [4.78, 5) is 37.4. The summed E-state index contributed by atoms with van der Waals surface area (Å²) in [5, 5.41) is 11.3. The van der Waals surface area contributed by atoms with Crippen LogP contribution >= 0.6 is 0 Å². The fraction of sp³-hybridized carbons (Fsp3) is 0.200. The van der Waals surface area contributed by atoms with Gasteiger partial charge in [-0.2, -0.15) is 5.26 Å². The number of rotatable bonds is 5. The molecule has 1 heterocycles. The van der Waals surface area contributed by atoms with Crippen LogP contribution < -0.4 is 10.2 Å². The van der Waals surface area contributed by atoms with Crippen molar-refractivity contribution >= 4 is 29.2 Å². The summed E-state index contributed by atoms with van der Waals surface area (Å²) in [6, 6.07) is 14.0. The fourth-order valence-corrected chi connectivity index (χ4v) is 2.85. The summed E-state index contributed by atoms with van der Waals surface area (Å²) in [5.74, 6) is -2.94. The third-order valence-corrected chi connectivity index (χ3v) is 4.24. The summed E-state index contributed by atoms with van der Waals surface area (Å²) >= 11 is 0. The highest BCUT2D eigenvalue weighted by Gasteiger charge is 2.37. The van der Waals surface area contributed by atoms with Crippen LogP contribution in [0.5, 0.6) is 0 Å². The summed E-state index contributed by atoms with van der Waals surface area (Å²) in [7, 11) is 0. The molecule has 28 heavy (non-hydrogen) atoms. The van der Waals surface area contributed by atoms with Crippen LogP contribution in [0, 0.1) is 23.1 Å². The lowest BCUT2D eigenvalue weighted by molar-refractivity contribution is -0.151. The third-order valence-electron chi connectivity index (χ3n) is 4.24. The number of nitrogens with zero attached hydrogens (tertiary/aromatic N) is 2. The first-order chi connectivity index (χ1) is 13.5. The first-order valence-electron chi connectivity index (χ1n) is 8.49. The smallest absolute Gasteiger partial charge is 0.311 e. The largest absolute Gasteiger partial charge is 0.455 e. The molecule has 0 radical (unpaired) electrons. The molecule has 0 aromatic heterocycles. The van der Waals surface area contributed by atoms with E-state index < -0.39 is 30.2 Å². The molecule has 8 heteroatoms. The van der Waals surface area contributed by atoms with Crippen molar-refractivity contribution in [3.8, 4) is 6.07 Å². The van der Waals surface area contributed by atoms with Crippen molar-refractivity contribution in [2.24, 2.45) is 5.92 Å². The predicted octanol–water partition coefficient (Wildman–Crippen LogP) is 2.23. The van der Waals surface area contributed by atoms with E-state index in [1.807, 2.05) is 6.07 Å². The second-order valence-corrected chi connectivity index (χ2v) is 6.20. The Morgan fingerprint density at radius 3 is 2.61 bits per heavy atom. The first kappa shape index (κ1) is 19.0. The molecule has 0 spiro atoms. The number of halogens is 1. The Labute approximate surface area is 160 Å². The SMILES string of the molecule is N#Cc1ccc(NC(=O)COC(=O)[C@H]2CC(=O)N(c3ccccc3F)C2)cc1. The lowest BCUT2D eigenvalue weighted by Crippen LogP contribution is -2.28. The van der Waals surface area contributed by atoms with Crippen LogP contribution in [-0.2, 0) is 19.1 Å². The molecule has 0 bridgehead atoms. The minimum atomic E-state index is -0.769. The second-order valence-electron chi connectivity index (χ2n) is 6.20. The van der Waals surface area contributed by atoms with Gasteiger partial charge in [-0.1, -0.05) is 12.1 Å². The van der Waals surface area contributed by atoms with Crippen molar-refractivity contribution in [2.45, 2.75) is 6.42 Å². The van der Waals surface area contributed by atoms with E-state index in [1.165, 1.54) is 23.1 Å². The lowest BCUT2D eigenvalue weighted by atomic mass is 10.1. The van der Waals surface area contributed by atoms with Gasteiger partial charge in [-0.3, -0.25) is 14.4 Å². The van der Waals surface area contributed by atoms with Gasteiger partial charge in [0.05, 0.1) is 23.2 Å². The molecule has 1 aliphatic heterocycles. The van der Waals surface area contributed by atoms with Crippen molar-refractivity contribution in [3.63, 3.8) is 0 Å². The van der Waals surface area contributed by atoms with Gasteiger partial charge >= 0.3 is 5.97 Å². The van der Waals surface area contributed by atoms with E-state index in [2.05, 4.69) is 5.32 Å². The molecule has 7 nitrogen and oxygen atoms in total. The number of anilines is 2. The summed E-state index contributed by atoms with van der Waals surface area (Å²) in [6.07, 6.45) is -0.107. The van der Waals surface area contributed by atoms with E-state index >= 15 is 0 Å². The highest BCUT2D eigenvalue weighted by atomic mass is 19.1. The molecule has 0 saturated carbocycles. The maximum absolute atomic E-state index is 13.9. The van der Waals surface area contributed by atoms with E-state index in [4.69, 9.17) is 10.00 Å². The Hall–Kier alpha value is -3.73. The van der Waals surface area contributed by atoms with E-state index in [9.17, 15) is 18.8 Å². The predicted molar refractivity (Wildman–Crippen MR) is 97.6 cm³/mol. The van der Waals surface area contributed by atoms with Crippen molar-refractivity contribution < 1.29 is 23.5 Å². The van der Waals surface area contributed by atoms with Crippen LogP contribution in [0.15, 0.2) is 48.5 Å². The Morgan fingerprint density at radius 2 is 1.93 bits per heavy atom. The Balaban J connectivity index is 1.52. The molecule has 142 valence electrons. The summed E-state index contributed by atoms with van der Waals surface area (Å²) in [5.41, 5.74) is 1.03. The molecule has 0 unspecified atom stereocenters. The summed E-state index contributed by atoms with van der Waals surface area (Å²) in [6.45, 7) is -0.515. The van der Waals surface area contributed by atoms with Crippen molar-refractivity contribution in [2.75, 3.05) is 23.4 Å². The molecule has 2 amide bonds. The molecule has 1 aliphatic rings. The van der Waals surface area contributed by atoms with E-state index in [-0.39, 0.29) is 24.6 Å². The monoisotopic (exact) mass is 381 g/mol. The highest BCUT2D eigenvalue weighted by molar-refractivity contribution is 6.00. The highest BCUT2D eigenvalue weighted by Crippen LogP contribution is 2.27. The van der Waals surface area contributed by atoms with Crippen molar-refractivity contribution in [1.82, 2.24) is 0 Å². The van der Waals surface area contributed by atoms with Gasteiger partial charge in [0.15, 0.2) is 6.61 Å². The van der Waals surface area contributed by atoms with Crippen LogP contribution in [-0.4, -0.2) is 30.9 Å². The fourth-order valence-electron chi connectivity index (χ4n) is 2.85. The Morgan fingerprint density at radius 1 is 1.21 bits per heavy atom. The molecular formula is C20H16FN3O4. The van der Waals surface area contributed by atoms with Gasteiger partial charge in [-0.25, -0.2) is 4.39 Å². The quantitative estimate of drug-likeness (QED) is 0.801. The van der Waals surface area contributed by atoms with Crippen molar-refractivity contribution in [1.29, 1.82) is 5.26 Å². The maximum Gasteiger partial charge on any atom is 0.311 e. The minimum absolute atomic E-state index is 0.00413. The number of ether oxygens (including phenoxy) is 1. The number of esters is 1. The molecule has 3 rings (SSSR count). The molecular weight excluding hydrogens is 365 g/mol. The zero-order valence-electron chi connectivity index (χ0n) is 14.7. The van der Waals surface area contributed by atoms with E-state index in [0.717, 1.165) is 0 Å². The normalized spacial score (nSPS) is 15.8. The number of nitrogens with one attached hydrogen (secondary N) is 1. The van der Waals surface area contributed by atoms with Crippen LogP contribution in [0.25, 0.3) is 0 Å². The zero-order chi connectivity index (χ0) is 20.1. The van der Waals surface area contributed by atoms with E-state index in [0.29, 0.717) is 11.3 Å². The van der Waals surface area contributed by atoms with Crippen molar-refractivity contribution in [3.05, 3.63) is 59.9 Å². The standard InChI is InChI=1S/C20H16FN3O4/c21-16-3-1-2-4-17(16)24-11-14(9-19(24)26)20(27)28-12-18(25)23-15-7-5-13(10-22)6-8-15/h1-8,14H,9,11-12H2,(H,23,25)/t14-/m0/s1. The number of para-hydroxylation sites is 1. The van der Waals surface area contributed by atoms with Crippen LogP contribution in [0.2, 0.25) is 0 Å². The number of carbonyl (C=O) groups is 3. The molecule has 1 fully saturated rings. The summed E-state index contributed by atoms with van der Waals surface area (Å²) < 4.78 is 18.9. The van der Waals surface area contributed by atoms with E-state index in [1.54, 1.807) is 30.3 Å². The average Bonchev–Trinajstić information content (AvgIpc) is 3.08. The van der Waals surface area contributed by atoms with Crippen LogP contribution in [0.4, 0.5) is 15.8 Å². The van der Waals surface area contributed by atoms with Crippen LogP contribution in [0.3, 0.4) is 0 Å².